The average molecular weight is 382 g/mol. The fraction of sp³-hybridized carbons (Fsp3) is 0.238. The van der Waals surface area contributed by atoms with Gasteiger partial charge in [0.25, 0.3) is 0 Å². The number of nitrogens with one attached hydrogen (secondary N) is 1. The number of thiazole rings is 1. The molecule has 0 unspecified atom stereocenters. The van der Waals surface area contributed by atoms with E-state index in [1.54, 1.807) is 7.11 Å². The molecule has 27 heavy (non-hydrogen) atoms. The summed E-state index contributed by atoms with van der Waals surface area (Å²) in [7, 11) is 1.60. The molecule has 1 aromatic heterocycles. The van der Waals surface area contributed by atoms with Crippen LogP contribution in [0.5, 0.6) is 11.5 Å². The number of hydrogen-bond acceptors (Lipinski definition) is 5. The third kappa shape index (κ3) is 5.08. The normalized spacial score (nSPS) is 10.4. The SMILES string of the molecule is CCCOc1ccc(-c2csc(NC(=O)Cc3ccccc3OC)n2)cc1. The largest absolute Gasteiger partial charge is 0.496 e. The van der Waals surface area contributed by atoms with E-state index < -0.39 is 0 Å². The van der Waals surface area contributed by atoms with Crippen molar-refractivity contribution in [2.45, 2.75) is 19.8 Å². The number of carbonyl (C=O) groups is 1. The molecule has 140 valence electrons. The highest BCUT2D eigenvalue weighted by Crippen LogP contribution is 2.27. The topological polar surface area (TPSA) is 60.5 Å². The number of hydrogen-bond donors (Lipinski definition) is 1. The molecule has 0 aliphatic rings. The first kappa shape index (κ1) is 18.9. The van der Waals surface area contributed by atoms with Gasteiger partial charge in [-0.15, -0.1) is 11.3 Å². The Labute approximate surface area is 163 Å². The minimum Gasteiger partial charge on any atom is -0.496 e. The third-order valence-corrected chi connectivity index (χ3v) is 4.67. The van der Waals surface area contributed by atoms with Crippen LogP contribution >= 0.6 is 11.3 Å². The van der Waals surface area contributed by atoms with Crippen molar-refractivity contribution in [3.05, 3.63) is 59.5 Å². The van der Waals surface area contributed by atoms with Gasteiger partial charge in [-0.2, -0.15) is 0 Å². The monoisotopic (exact) mass is 382 g/mol. The van der Waals surface area contributed by atoms with Crippen LogP contribution in [0.15, 0.2) is 53.9 Å². The van der Waals surface area contributed by atoms with E-state index in [4.69, 9.17) is 9.47 Å². The average Bonchev–Trinajstić information content (AvgIpc) is 3.15. The number of nitrogens with zero attached hydrogens (tertiary/aromatic N) is 1. The van der Waals surface area contributed by atoms with Crippen LogP contribution in [0.2, 0.25) is 0 Å². The maximum atomic E-state index is 12.3. The lowest BCUT2D eigenvalue weighted by molar-refractivity contribution is -0.115. The molecule has 3 aromatic rings. The first-order valence-corrected chi connectivity index (χ1v) is 9.68. The highest BCUT2D eigenvalue weighted by Gasteiger charge is 2.11. The highest BCUT2D eigenvalue weighted by molar-refractivity contribution is 7.14. The quantitative estimate of drug-likeness (QED) is 0.609. The fourth-order valence-corrected chi connectivity index (χ4v) is 3.33. The van der Waals surface area contributed by atoms with E-state index in [2.05, 4.69) is 17.2 Å². The van der Waals surface area contributed by atoms with Crippen LogP contribution in [-0.2, 0) is 11.2 Å². The lowest BCUT2D eigenvalue weighted by Crippen LogP contribution is -2.14. The number of methoxy groups -OCH3 is 1. The van der Waals surface area contributed by atoms with Gasteiger partial charge in [-0.1, -0.05) is 25.1 Å². The van der Waals surface area contributed by atoms with E-state index >= 15 is 0 Å². The molecule has 0 aliphatic carbocycles. The number of benzene rings is 2. The van der Waals surface area contributed by atoms with Gasteiger partial charge in [-0.25, -0.2) is 4.98 Å². The molecule has 1 amide bonds. The predicted molar refractivity (Wildman–Crippen MR) is 109 cm³/mol. The molecule has 6 heteroatoms. The Morgan fingerprint density at radius 2 is 1.93 bits per heavy atom. The lowest BCUT2D eigenvalue weighted by atomic mass is 10.1. The van der Waals surface area contributed by atoms with Crippen LogP contribution in [0, 0.1) is 0 Å². The molecular weight excluding hydrogens is 360 g/mol. The zero-order valence-corrected chi connectivity index (χ0v) is 16.2. The summed E-state index contributed by atoms with van der Waals surface area (Å²) in [5, 5.41) is 5.37. The Kier molecular flexibility index (Phi) is 6.44. The third-order valence-electron chi connectivity index (χ3n) is 3.92. The van der Waals surface area contributed by atoms with E-state index in [1.807, 2.05) is 53.9 Å². The summed E-state index contributed by atoms with van der Waals surface area (Å²) in [5.41, 5.74) is 2.66. The lowest BCUT2D eigenvalue weighted by Gasteiger charge is -2.07. The molecule has 0 saturated heterocycles. The molecule has 0 spiro atoms. The second kappa shape index (κ2) is 9.19. The summed E-state index contributed by atoms with van der Waals surface area (Å²) in [6.45, 7) is 2.78. The molecule has 3 rings (SSSR count). The molecule has 1 N–H and O–H groups in total. The number of ether oxygens (including phenoxy) is 2. The Morgan fingerprint density at radius 3 is 2.67 bits per heavy atom. The van der Waals surface area contributed by atoms with Crippen LogP contribution in [0.4, 0.5) is 5.13 Å². The summed E-state index contributed by atoms with van der Waals surface area (Å²) in [5.74, 6) is 1.43. The Bertz CT molecular complexity index is 890. The fourth-order valence-electron chi connectivity index (χ4n) is 2.59. The number of rotatable bonds is 8. The van der Waals surface area contributed by atoms with Crippen molar-refractivity contribution in [3.8, 4) is 22.8 Å². The summed E-state index contributed by atoms with van der Waals surface area (Å²) in [6, 6.07) is 15.3. The summed E-state index contributed by atoms with van der Waals surface area (Å²) < 4.78 is 10.9. The van der Waals surface area contributed by atoms with Gasteiger partial charge in [0.2, 0.25) is 5.91 Å². The zero-order chi connectivity index (χ0) is 19.1. The summed E-state index contributed by atoms with van der Waals surface area (Å²) >= 11 is 1.41. The summed E-state index contributed by atoms with van der Waals surface area (Å²) in [6.07, 6.45) is 1.22. The zero-order valence-electron chi connectivity index (χ0n) is 15.4. The maximum Gasteiger partial charge on any atom is 0.230 e. The van der Waals surface area contributed by atoms with E-state index in [0.29, 0.717) is 17.5 Å². The Hall–Kier alpha value is -2.86. The van der Waals surface area contributed by atoms with Crippen molar-refractivity contribution in [1.82, 2.24) is 4.98 Å². The molecular formula is C21H22N2O3S. The molecule has 1 heterocycles. The number of carbonyl (C=O) groups excluding carboxylic acids is 1. The molecule has 0 radical (unpaired) electrons. The molecule has 5 nitrogen and oxygen atoms in total. The van der Waals surface area contributed by atoms with Crippen molar-refractivity contribution in [3.63, 3.8) is 0 Å². The Balaban J connectivity index is 1.62. The van der Waals surface area contributed by atoms with Crippen molar-refractivity contribution in [1.29, 1.82) is 0 Å². The van der Waals surface area contributed by atoms with Crippen molar-refractivity contribution >= 4 is 22.4 Å². The van der Waals surface area contributed by atoms with Crippen LogP contribution in [0.1, 0.15) is 18.9 Å². The van der Waals surface area contributed by atoms with E-state index in [1.165, 1.54) is 11.3 Å². The van der Waals surface area contributed by atoms with Gasteiger partial charge in [0.15, 0.2) is 5.13 Å². The summed E-state index contributed by atoms with van der Waals surface area (Å²) in [4.78, 5) is 16.8. The molecule has 0 bridgehead atoms. The van der Waals surface area contributed by atoms with Gasteiger partial charge in [0.05, 0.1) is 25.8 Å². The predicted octanol–water partition coefficient (Wildman–Crippen LogP) is 4.79. The van der Waals surface area contributed by atoms with Gasteiger partial charge in [-0.3, -0.25) is 4.79 Å². The van der Waals surface area contributed by atoms with Crippen molar-refractivity contribution < 1.29 is 14.3 Å². The van der Waals surface area contributed by atoms with Gasteiger partial charge in [-0.05, 0) is 36.8 Å². The van der Waals surface area contributed by atoms with Gasteiger partial charge < -0.3 is 14.8 Å². The first-order chi connectivity index (χ1) is 13.2. The molecule has 0 saturated carbocycles. The maximum absolute atomic E-state index is 12.3. The van der Waals surface area contributed by atoms with Gasteiger partial charge in [0, 0.05) is 16.5 Å². The second-order valence-corrected chi connectivity index (χ2v) is 6.81. The Morgan fingerprint density at radius 1 is 1.15 bits per heavy atom. The van der Waals surface area contributed by atoms with Crippen molar-refractivity contribution in [2.75, 3.05) is 19.0 Å². The molecule has 0 aliphatic heterocycles. The minimum atomic E-state index is -0.122. The van der Waals surface area contributed by atoms with E-state index in [-0.39, 0.29) is 12.3 Å². The number of amides is 1. The molecule has 2 aromatic carbocycles. The van der Waals surface area contributed by atoms with Crippen LogP contribution in [-0.4, -0.2) is 24.6 Å². The molecule has 0 atom stereocenters. The van der Waals surface area contributed by atoms with Crippen molar-refractivity contribution in [2.24, 2.45) is 0 Å². The number of para-hydroxylation sites is 1. The van der Waals surface area contributed by atoms with E-state index in [0.717, 1.165) is 29.0 Å². The first-order valence-electron chi connectivity index (χ1n) is 8.80. The van der Waals surface area contributed by atoms with Gasteiger partial charge >= 0.3 is 0 Å². The van der Waals surface area contributed by atoms with E-state index in [9.17, 15) is 4.79 Å². The smallest absolute Gasteiger partial charge is 0.230 e. The highest BCUT2D eigenvalue weighted by atomic mass is 32.1. The standard InChI is InChI=1S/C21H22N2O3S/c1-3-12-26-17-10-8-15(9-11-17)18-14-27-21(22-18)23-20(24)13-16-6-4-5-7-19(16)25-2/h4-11,14H,3,12-13H2,1-2H3,(H,22,23,24). The van der Waals surface area contributed by atoms with Crippen LogP contribution < -0.4 is 14.8 Å². The van der Waals surface area contributed by atoms with Crippen LogP contribution in [0.25, 0.3) is 11.3 Å². The van der Waals surface area contributed by atoms with Crippen LogP contribution in [0.3, 0.4) is 0 Å². The van der Waals surface area contributed by atoms with Gasteiger partial charge in [0.1, 0.15) is 11.5 Å². The molecule has 0 fully saturated rings. The minimum absolute atomic E-state index is 0.122. The number of aromatic nitrogens is 1. The number of anilines is 1. The second-order valence-electron chi connectivity index (χ2n) is 5.95.